The van der Waals surface area contributed by atoms with Gasteiger partial charge in [0.15, 0.2) is 0 Å². The Kier molecular flexibility index (Phi) is 4.99. The number of rotatable bonds is 5. The third-order valence-corrected chi connectivity index (χ3v) is 3.61. The number of amides is 1. The minimum Gasteiger partial charge on any atom is -0.399 e. The van der Waals surface area contributed by atoms with Gasteiger partial charge in [0.25, 0.3) is 0 Å². The van der Waals surface area contributed by atoms with Gasteiger partial charge in [-0.05, 0) is 36.1 Å². The second-order valence-corrected chi connectivity index (χ2v) is 5.53. The molecule has 0 saturated heterocycles. The van der Waals surface area contributed by atoms with Crippen molar-refractivity contribution in [2.24, 2.45) is 0 Å². The van der Waals surface area contributed by atoms with Crippen LogP contribution in [-0.2, 0) is 11.3 Å². The first-order chi connectivity index (χ1) is 10.0. The van der Waals surface area contributed by atoms with E-state index in [1.54, 1.807) is 0 Å². The summed E-state index contributed by atoms with van der Waals surface area (Å²) in [5.41, 5.74) is 9.89. The maximum atomic E-state index is 12.0. The van der Waals surface area contributed by atoms with E-state index in [2.05, 4.69) is 31.3 Å². The Morgan fingerprint density at radius 3 is 2.33 bits per heavy atom. The predicted molar refractivity (Wildman–Crippen MR) is 86.9 cm³/mol. The van der Waals surface area contributed by atoms with Gasteiger partial charge in [-0.25, -0.2) is 0 Å². The second-order valence-electron chi connectivity index (χ2n) is 5.53. The van der Waals surface area contributed by atoms with E-state index in [-0.39, 0.29) is 11.8 Å². The lowest BCUT2D eigenvalue weighted by Crippen LogP contribution is -2.24. The van der Waals surface area contributed by atoms with Gasteiger partial charge >= 0.3 is 0 Å². The lowest BCUT2D eigenvalue weighted by Gasteiger charge is -2.12. The third kappa shape index (κ3) is 4.63. The number of nitrogens with one attached hydrogen (secondary N) is 1. The zero-order chi connectivity index (χ0) is 15.2. The van der Waals surface area contributed by atoms with Crippen molar-refractivity contribution in [2.75, 3.05) is 5.73 Å². The van der Waals surface area contributed by atoms with Crippen LogP contribution in [0.1, 0.15) is 36.0 Å². The van der Waals surface area contributed by atoms with Gasteiger partial charge in [-0.15, -0.1) is 0 Å². The summed E-state index contributed by atoms with van der Waals surface area (Å²) in [6.07, 6.45) is 0.482. The quantitative estimate of drug-likeness (QED) is 0.826. The second kappa shape index (κ2) is 6.93. The maximum Gasteiger partial charge on any atom is 0.220 e. The van der Waals surface area contributed by atoms with E-state index >= 15 is 0 Å². The Bertz CT molecular complexity index is 588. The van der Waals surface area contributed by atoms with E-state index in [9.17, 15) is 4.79 Å². The molecule has 3 heteroatoms. The number of anilines is 1. The lowest BCUT2D eigenvalue weighted by atomic mass is 9.97. The van der Waals surface area contributed by atoms with Crippen molar-refractivity contribution in [2.45, 2.75) is 32.7 Å². The summed E-state index contributed by atoms with van der Waals surface area (Å²) in [4.78, 5) is 12.0. The van der Waals surface area contributed by atoms with Crippen molar-refractivity contribution < 1.29 is 4.79 Å². The van der Waals surface area contributed by atoms with E-state index < -0.39 is 0 Å². The van der Waals surface area contributed by atoms with Crippen LogP contribution in [-0.4, -0.2) is 5.91 Å². The summed E-state index contributed by atoms with van der Waals surface area (Å²) in [5, 5.41) is 2.97. The van der Waals surface area contributed by atoms with Crippen molar-refractivity contribution >= 4 is 11.6 Å². The average Bonchev–Trinajstić information content (AvgIpc) is 2.47. The highest BCUT2D eigenvalue weighted by Gasteiger charge is 2.10. The fraction of sp³-hybridized carbons (Fsp3) is 0.278. The van der Waals surface area contributed by atoms with Gasteiger partial charge in [0.1, 0.15) is 0 Å². The summed E-state index contributed by atoms with van der Waals surface area (Å²) in [7, 11) is 0. The highest BCUT2D eigenvalue weighted by Crippen LogP contribution is 2.20. The van der Waals surface area contributed by atoms with E-state index in [1.807, 2.05) is 36.4 Å². The average molecular weight is 282 g/mol. The molecule has 3 nitrogen and oxygen atoms in total. The van der Waals surface area contributed by atoms with Crippen molar-refractivity contribution in [1.82, 2.24) is 5.32 Å². The molecule has 0 aromatic heterocycles. The summed E-state index contributed by atoms with van der Waals surface area (Å²) in [5.74, 6) is 0.253. The number of aryl methyl sites for hydroxylation is 1. The Balaban J connectivity index is 1.83. The van der Waals surface area contributed by atoms with Crippen molar-refractivity contribution in [1.29, 1.82) is 0 Å². The molecule has 3 N–H and O–H groups in total. The standard InChI is InChI=1S/C18H22N2O/c1-13-3-5-15(6-4-13)12-20-18(21)11-14(2)16-7-9-17(19)10-8-16/h3-10,14H,11-12,19H2,1-2H3,(H,20,21). The van der Waals surface area contributed by atoms with Gasteiger partial charge < -0.3 is 11.1 Å². The number of hydrogen-bond donors (Lipinski definition) is 2. The number of benzene rings is 2. The van der Waals surface area contributed by atoms with Gasteiger partial charge in [0.05, 0.1) is 0 Å². The topological polar surface area (TPSA) is 55.1 Å². The van der Waals surface area contributed by atoms with Gasteiger partial charge in [0.2, 0.25) is 5.91 Å². The Morgan fingerprint density at radius 1 is 1.10 bits per heavy atom. The first-order valence-electron chi connectivity index (χ1n) is 7.22. The molecule has 21 heavy (non-hydrogen) atoms. The molecular formula is C18H22N2O. The molecule has 1 amide bonds. The van der Waals surface area contributed by atoms with Crippen molar-refractivity contribution in [3.63, 3.8) is 0 Å². The summed E-state index contributed by atoms with van der Waals surface area (Å²) in [6.45, 7) is 4.68. The van der Waals surface area contributed by atoms with Gasteiger partial charge in [-0.3, -0.25) is 4.79 Å². The summed E-state index contributed by atoms with van der Waals surface area (Å²) < 4.78 is 0. The molecule has 0 heterocycles. The molecule has 0 radical (unpaired) electrons. The predicted octanol–water partition coefficient (Wildman–Crippen LogP) is 3.39. The Labute approximate surface area is 126 Å². The monoisotopic (exact) mass is 282 g/mol. The molecule has 1 unspecified atom stereocenters. The summed E-state index contributed by atoms with van der Waals surface area (Å²) >= 11 is 0. The molecular weight excluding hydrogens is 260 g/mol. The van der Waals surface area contributed by atoms with Crippen molar-refractivity contribution in [3.05, 3.63) is 65.2 Å². The van der Waals surface area contributed by atoms with Crippen LogP contribution in [0.5, 0.6) is 0 Å². The molecule has 2 aromatic rings. The van der Waals surface area contributed by atoms with Crippen LogP contribution in [0.25, 0.3) is 0 Å². The van der Waals surface area contributed by atoms with E-state index in [1.165, 1.54) is 5.56 Å². The number of hydrogen-bond acceptors (Lipinski definition) is 2. The first kappa shape index (κ1) is 15.1. The van der Waals surface area contributed by atoms with Crippen LogP contribution in [0, 0.1) is 6.92 Å². The van der Waals surface area contributed by atoms with Gasteiger partial charge in [0, 0.05) is 18.7 Å². The molecule has 0 aliphatic carbocycles. The minimum atomic E-state index is 0.0694. The SMILES string of the molecule is Cc1ccc(CNC(=O)CC(C)c2ccc(N)cc2)cc1. The van der Waals surface area contributed by atoms with Gasteiger partial charge in [-0.1, -0.05) is 48.9 Å². The lowest BCUT2D eigenvalue weighted by molar-refractivity contribution is -0.121. The van der Waals surface area contributed by atoms with Crippen LogP contribution >= 0.6 is 0 Å². The van der Waals surface area contributed by atoms with Crippen LogP contribution in [0.4, 0.5) is 5.69 Å². The fourth-order valence-corrected chi connectivity index (χ4v) is 2.20. The Hall–Kier alpha value is -2.29. The number of carbonyl (C=O) groups excluding carboxylic acids is 1. The van der Waals surface area contributed by atoms with Crippen LogP contribution in [0.3, 0.4) is 0 Å². The van der Waals surface area contributed by atoms with Crippen LogP contribution in [0.15, 0.2) is 48.5 Å². The molecule has 0 aliphatic rings. The van der Waals surface area contributed by atoms with Crippen molar-refractivity contribution in [3.8, 4) is 0 Å². The molecule has 1 atom stereocenters. The van der Waals surface area contributed by atoms with Crippen LogP contribution < -0.4 is 11.1 Å². The zero-order valence-electron chi connectivity index (χ0n) is 12.6. The Morgan fingerprint density at radius 2 is 1.71 bits per heavy atom. The van der Waals surface area contributed by atoms with E-state index in [0.717, 1.165) is 16.8 Å². The molecule has 0 spiro atoms. The third-order valence-electron chi connectivity index (χ3n) is 3.61. The summed E-state index contributed by atoms with van der Waals surface area (Å²) in [6, 6.07) is 15.9. The van der Waals surface area contributed by atoms with E-state index in [0.29, 0.717) is 13.0 Å². The molecule has 0 bridgehead atoms. The molecule has 110 valence electrons. The highest BCUT2D eigenvalue weighted by molar-refractivity contribution is 5.76. The highest BCUT2D eigenvalue weighted by atomic mass is 16.1. The van der Waals surface area contributed by atoms with Gasteiger partial charge in [-0.2, -0.15) is 0 Å². The van der Waals surface area contributed by atoms with E-state index in [4.69, 9.17) is 5.73 Å². The number of carbonyl (C=O) groups is 1. The molecule has 0 aliphatic heterocycles. The molecule has 2 aromatic carbocycles. The fourth-order valence-electron chi connectivity index (χ4n) is 2.20. The zero-order valence-corrected chi connectivity index (χ0v) is 12.6. The molecule has 0 fully saturated rings. The smallest absolute Gasteiger partial charge is 0.220 e. The minimum absolute atomic E-state index is 0.0694. The number of nitrogen functional groups attached to an aromatic ring is 1. The molecule has 2 rings (SSSR count). The normalized spacial score (nSPS) is 11.9. The molecule has 0 saturated carbocycles. The number of nitrogens with two attached hydrogens (primary N) is 1. The maximum absolute atomic E-state index is 12.0. The van der Waals surface area contributed by atoms with Crippen LogP contribution in [0.2, 0.25) is 0 Å². The largest absolute Gasteiger partial charge is 0.399 e. The first-order valence-corrected chi connectivity index (χ1v) is 7.22.